The van der Waals surface area contributed by atoms with Crippen molar-refractivity contribution in [1.82, 2.24) is 10.8 Å². The Bertz CT molecular complexity index is 544. The van der Waals surface area contributed by atoms with E-state index >= 15 is 0 Å². The molecule has 2 N–H and O–H groups in total. The number of ether oxygens (including phenoxy) is 1. The van der Waals surface area contributed by atoms with E-state index in [1.54, 1.807) is 0 Å². The first-order valence-electron chi connectivity index (χ1n) is 8.13. The van der Waals surface area contributed by atoms with Crippen molar-refractivity contribution in [2.75, 3.05) is 6.61 Å². The minimum absolute atomic E-state index is 0.206. The SMILES string of the molecule is O=C(NOCc1ccccc1)NC1C2CCOC2C12CCC2. The van der Waals surface area contributed by atoms with Crippen LogP contribution in [0.4, 0.5) is 4.79 Å². The molecule has 1 heterocycles. The minimum atomic E-state index is -0.238. The third kappa shape index (κ3) is 2.20. The van der Waals surface area contributed by atoms with Gasteiger partial charge in [0.2, 0.25) is 0 Å². The van der Waals surface area contributed by atoms with Gasteiger partial charge in [-0.15, -0.1) is 0 Å². The van der Waals surface area contributed by atoms with Gasteiger partial charge in [0.15, 0.2) is 0 Å². The highest BCUT2D eigenvalue weighted by atomic mass is 16.7. The van der Waals surface area contributed by atoms with Crippen LogP contribution in [0.2, 0.25) is 0 Å². The van der Waals surface area contributed by atoms with E-state index < -0.39 is 0 Å². The summed E-state index contributed by atoms with van der Waals surface area (Å²) in [7, 11) is 0. The summed E-state index contributed by atoms with van der Waals surface area (Å²) in [5.74, 6) is 0.486. The average molecular weight is 302 g/mol. The largest absolute Gasteiger partial charge is 0.377 e. The molecule has 2 aliphatic carbocycles. The molecule has 5 nitrogen and oxygen atoms in total. The van der Waals surface area contributed by atoms with Gasteiger partial charge in [-0.05, 0) is 24.8 Å². The Morgan fingerprint density at radius 1 is 1.32 bits per heavy atom. The molecule has 1 saturated heterocycles. The van der Waals surface area contributed by atoms with Gasteiger partial charge in [0, 0.05) is 24.0 Å². The second kappa shape index (κ2) is 5.56. The van der Waals surface area contributed by atoms with Crippen LogP contribution in [0.1, 0.15) is 31.2 Å². The third-order valence-corrected chi connectivity index (χ3v) is 5.57. The van der Waals surface area contributed by atoms with Crippen molar-refractivity contribution in [1.29, 1.82) is 0 Å². The lowest BCUT2D eigenvalue weighted by molar-refractivity contribution is -0.172. The van der Waals surface area contributed by atoms with E-state index in [4.69, 9.17) is 9.57 Å². The predicted molar refractivity (Wildman–Crippen MR) is 80.8 cm³/mol. The minimum Gasteiger partial charge on any atom is -0.377 e. The number of benzene rings is 1. The van der Waals surface area contributed by atoms with Crippen LogP contribution in [0.15, 0.2) is 30.3 Å². The first-order chi connectivity index (χ1) is 10.8. The van der Waals surface area contributed by atoms with Gasteiger partial charge in [-0.2, -0.15) is 0 Å². The number of nitrogens with one attached hydrogen (secondary N) is 2. The van der Waals surface area contributed by atoms with Crippen LogP contribution in [-0.4, -0.2) is 24.8 Å². The van der Waals surface area contributed by atoms with Crippen LogP contribution >= 0.6 is 0 Å². The number of amides is 2. The fraction of sp³-hybridized carbons (Fsp3) is 0.588. The van der Waals surface area contributed by atoms with E-state index in [9.17, 15) is 4.79 Å². The van der Waals surface area contributed by atoms with Gasteiger partial charge in [-0.25, -0.2) is 10.3 Å². The fourth-order valence-corrected chi connectivity index (χ4v) is 4.39. The monoisotopic (exact) mass is 302 g/mol. The van der Waals surface area contributed by atoms with Crippen LogP contribution in [0.5, 0.6) is 0 Å². The molecule has 2 amide bonds. The Hall–Kier alpha value is -1.59. The van der Waals surface area contributed by atoms with E-state index in [2.05, 4.69) is 10.8 Å². The topological polar surface area (TPSA) is 59.6 Å². The highest BCUT2D eigenvalue weighted by Gasteiger charge is 2.66. The first-order valence-corrected chi connectivity index (χ1v) is 8.13. The molecule has 118 valence electrons. The molecule has 22 heavy (non-hydrogen) atoms. The summed E-state index contributed by atoms with van der Waals surface area (Å²) in [5, 5.41) is 3.11. The molecule has 1 aliphatic heterocycles. The number of rotatable bonds is 4. The number of carbonyl (C=O) groups excluding carboxylic acids is 1. The molecule has 1 aromatic rings. The highest BCUT2D eigenvalue weighted by Crippen LogP contribution is 2.62. The maximum absolute atomic E-state index is 12.1. The zero-order valence-corrected chi connectivity index (χ0v) is 12.6. The maximum atomic E-state index is 12.1. The van der Waals surface area contributed by atoms with Crippen LogP contribution in [0.3, 0.4) is 0 Å². The standard InChI is InChI=1S/C17H22N2O3/c20-16(19-22-11-12-5-2-1-3-6-12)18-14-13-7-10-21-15(13)17(14)8-4-9-17/h1-3,5-6,13-15H,4,7-11H2,(H2,18,19,20). The second-order valence-corrected chi connectivity index (χ2v) is 6.66. The van der Waals surface area contributed by atoms with Crippen LogP contribution < -0.4 is 10.8 Å². The molecule has 1 spiro atoms. The van der Waals surface area contributed by atoms with Crippen LogP contribution in [-0.2, 0) is 16.2 Å². The van der Waals surface area contributed by atoms with Gasteiger partial charge in [-0.1, -0.05) is 36.8 Å². The van der Waals surface area contributed by atoms with Crippen LogP contribution in [0, 0.1) is 11.3 Å². The lowest BCUT2D eigenvalue weighted by Gasteiger charge is -2.63. The maximum Gasteiger partial charge on any atom is 0.338 e. The Morgan fingerprint density at radius 3 is 2.86 bits per heavy atom. The van der Waals surface area contributed by atoms with E-state index in [0.717, 1.165) is 18.6 Å². The van der Waals surface area contributed by atoms with Crippen molar-refractivity contribution < 1.29 is 14.4 Å². The van der Waals surface area contributed by atoms with Crippen molar-refractivity contribution in [2.24, 2.45) is 11.3 Å². The molecule has 3 fully saturated rings. The summed E-state index contributed by atoms with van der Waals surface area (Å²) in [4.78, 5) is 17.4. The summed E-state index contributed by atoms with van der Waals surface area (Å²) in [6, 6.07) is 9.80. The zero-order valence-electron chi connectivity index (χ0n) is 12.6. The first kappa shape index (κ1) is 14.0. The lowest BCUT2D eigenvalue weighted by Crippen LogP contribution is -2.72. The fourth-order valence-electron chi connectivity index (χ4n) is 4.39. The van der Waals surface area contributed by atoms with Crippen molar-refractivity contribution in [2.45, 2.75) is 44.4 Å². The van der Waals surface area contributed by atoms with Gasteiger partial charge >= 0.3 is 6.03 Å². The van der Waals surface area contributed by atoms with E-state index in [0.29, 0.717) is 18.6 Å². The summed E-state index contributed by atoms with van der Waals surface area (Å²) in [6.07, 6.45) is 5.02. The van der Waals surface area contributed by atoms with Gasteiger partial charge in [0.25, 0.3) is 0 Å². The Kier molecular flexibility index (Phi) is 3.54. The molecule has 0 bridgehead atoms. The van der Waals surface area contributed by atoms with Crippen molar-refractivity contribution >= 4 is 6.03 Å². The van der Waals surface area contributed by atoms with E-state index in [1.165, 1.54) is 19.3 Å². The molecule has 0 radical (unpaired) electrons. The molecule has 3 aliphatic rings. The Balaban J connectivity index is 1.27. The average Bonchev–Trinajstić information content (AvgIpc) is 2.90. The molecule has 4 rings (SSSR count). The number of urea groups is 1. The van der Waals surface area contributed by atoms with Crippen LogP contribution in [0.25, 0.3) is 0 Å². The molecule has 3 unspecified atom stereocenters. The van der Waals surface area contributed by atoms with Gasteiger partial charge in [0.1, 0.15) is 0 Å². The Labute approximate surface area is 130 Å². The predicted octanol–water partition coefficient (Wildman–Crippen LogP) is 2.38. The van der Waals surface area contributed by atoms with Gasteiger partial charge in [0.05, 0.1) is 12.7 Å². The van der Waals surface area contributed by atoms with E-state index in [-0.39, 0.29) is 17.5 Å². The number of hydrogen-bond acceptors (Lipinski definition) is 3. The zero-order chi connectivity index (χ0) is 15.0. The lowest BCUT2D eigenvalue weighted by atomic mass is 9.46. The van der Waals surface area contributed by atoms with Crippen molar-refractivity contribution in [3.8, 4) is 0 Å². The third-order valence-electron chi connectivity index (χ3n) is 5.57. The summed E-state index contributed by atoms with van der Waals surface area (Å²) in [6.45, 7) is 1.21. The quantitative estimate of drug-likeness (QED) is 0.840. The van der Waals surface area contributed by atoms with E-state index in [1.807, 2.05) is 30.3 Å². The molecule has 2 saturated carbocycles. The summed E-state index contributed by atoms with van der Waals surface area (Å²) >= 11 is 0. The normalized spacial score (nSPS) is 31.0. The van der Waals surface area contributed by atoms with Gasteiger partial charge in [-0.3, -0.25) is 4.84 Å². The summed E-state index contributed by atoms with van der Waals surface area (Å²) < 4.78 is 5.86. The number of carbonyl (C=O) groups is 1. The molecular formula is C17H22N2O3. The molecule has 0 aromatic heterocycles. The van der Waals surface area contributed by atoms with Crippen molar-refractivity contribution in [3.05, 3.63) is 35.9 Å². The number of hydroxylamine groups is 1. The van der Waals surface area contributed by atoms with Crippen molar-refractivity contribution in [3.63, 3.8) is 0 Å². The van der Waals surface area contributed by atoms with Gasteiger partial charge < -0.3 is 10.1 Å². The molecule has 1 aromatic carbocycles. The number of fused-ring (bicyclic) bond motifs is 2. The smallest absolute Gasteiger partial charge is 0.338 e. The second-order valence-electron chi connectivity index (χ2n) is 6.66. The molecule has 3 atom stereocenters. The Morgan fingerprint density at radius 2 is 2.14 bits per heavy atom. The molecule has 5 heteroatoms. The highest BCUT2D eigenvalue weighted by molar-refractivity contribution is 5.73. The number of hydrogen-bond donors (Lipinski definition) is 2. The molecular weight excluding hydrogens is 280 g/mol. The summed E-state index contributed by atoms with van der Waals surface area (Å²) in [5.41, 5.74) is 3.75.